The summed E-state index contributed by atoms with van der Waals surface area (Å²) >= 11 is 0. The highest BCUT2D eigenvalue weighted by atomic mass is 16.5. The van der Waals surface area contributed by atoms with Gasteiger partial charge in [-0.25, -0.2) is 9.59 Å². The summed E-state index contributed by atoms with van der Waals surface area (Å²) in [5.41, 5.74) is 4.65. The van der Waals surface area contributed by atoms with Crippen LogP contribution in [-0.2, 0) is 4.74 Å². The quantitative estimate of drug-likeness (QED) is 0.0925. The van der Waals surface area contributed by atoms with Gasteiger partial charge >= 0.3 is 11.9 Å². The predicted molar refractivity (Wildman–Crippen MR) is 155 cm³/mol. The van der Waals surface area contributed by atoms with Gasteiger partial charge in [0.1, 0.15) is 5.75 Å². The molecule has 0 heterocycles. The molecule has 0 bridgehead atoms. The molecule has 0 N–H and O–H groups in total. The zero-order valence-corrected chi connectivity index (χ0v) is 22.2. The van der Waals surface area contributed by atoms with Gasteiger partial charge in [0.15, 0.2) is 0 Å². The van der Waals surface area contributed by atoms with E-state index in [1.807, 2.05) is 66.7 Å². The largest absolute Gasteiger partial charge is 0.462 e. The molecule has 0 saturated heterocycles. The predicted octanol–water partition coefficient (Wildman–Crippen LogP) is 8.10. The van der Waals surface area contributed by atoms with Gasteiger partial charge in [0.2, 0.25) is 0 Å². The van der Waals surface area contributed by atoms with Crippen molar-refractivity contribution in [2.45, 2.75) is 39.0 Å². The lowest BCUT2D eigenvalue weighted by Crippen LogP contribution is -2.08. The van der Waals surface area contributed by atoms with Crippen molar-refractivity contribution in [1.29, 1.82) is 0 Å². The maximum atomic E-state index is 12.6. The molecule has 0 aliphatic carbocycles. The lowest BCUT2D eigenvalue weighted by Gasteiger charge is -2.08. The molecular weight excluding hydrogens is 484 g/mol. The molecule has 0 radical (unpaired) electrons. The average Bonchev–Trinajstić information content (AvgIpc) is 2.99. The highest BCUT2D eigenvalue weighted by Gasteiger charge is 2.10. The number of benzene rings is 4. The van der Waals surface area contributed by atoms with Crippen LogP contribution < -0.4 is 4.74 Å². The second kappa shape index (κ2) is 14.4. The van der Waals surface area contributed by atoms with Crippen molar-refractivity contribution < 1.29 is 19.1 Å². The summed E-state index contributed by atoms with van der Waals surface area (Å²) in [6, 6.07) is 31.4. The van der Waals surface area contributed by atoms with Gasteiger partial charge in [0.05, 0.1) is 17.7 Å². The van der Waals surface area contributed by atoms with Crippen LogP contribution in [0.5, 0.6) is 5.75 Å². The lowest BCUT2D eigenvalue weighted by atomic mass is 10.0. The number of carbonyl (C=O) groups is 2. The van der Waals surface area contributed by atoms with Crippen LogP contribution in [0.1, 0.15) is 70.9 Å². The molecule has 0 aliphatic rings. The second-order valence-corrected chi connectivity index (χ2v) is 9.23. The molecule has 4 nitrogen and oxygen atoms in total. The molecule has 0 aromatic heterocycles. The minimum atomic E-state index is -0.432. The van der Waals surface area contributed by atoms with E-state index in [0.717, 1.165) is 35.1 Å². The van der Waals surface area contributed by atoms with Crippen molar-refractivity contribution in [1.82, 2.24) is 0 Å². The molecule has 0 atom stereocenters. The summed E-state index contributed by atoms with van der Waals surface area (Å²) in [7, 11) is 0. The summed E-state index contributed by atoms with van der Waals surface area (Å²) in [5.74, 6) is 5.93. The Kier molecular flexibility index (Phi) is 10.1. The summed E-state index contributed by atoms with van der Waals surface area (Å²) in [6.07, 6.45) is 5.58. The molecule has 4 aromatic rings. The van der Waals surface area contributed by atoms with E-state index in [2.05, 4.69) is 18.8 Å². The van der Waals surface area contributed by atoms with Gasteiger partial charge in [-0.15, -0.1) is 0 Å². The molecule has 4 aromatic carbocycles. The fourth-order valence-corrected chi connectivity index (χ4v) is 3.99. The van der Waals surface area contributed by atoms with Crippen LogP contribution in [0.15, 0.2) is 103 Å². The maximum absolute atomic E-state index is 12.6. The van der Waals surface area contributed by atoms with E-state index in [1.165, 1.54) is 19.3 Å². The first kappa shape index (κ1) is 27.4. The zero-order valence-electron chi connectivity index (χ0n) is 22.2. The molecule has 4 heteroatoms. The smallest absolute Gasteiger partial charge is 0.343 e. The topological polar surface area (TPSA) is 52.6 Å². The van der Waals surface area contributed by atoms with Gasteiger partial charge in [0.25, 0.3) is 0 Å². The Labute approximate surface area is 230 Å². The normalized spacial score (nSPS) is 10.3. The van der Waals surface area contributed by atoms with E-state index in [0.29, 0.717) is 23.5 Å². The van der Waals surface area contributed by atoms with Gasteiger partial charge < -0.3 is 9.47 Å². The molecule has 0 saturated carbocycles. The molecular formula is C35H32O4. The fraction of sp³-hybridized carbons (Fsp3) is 0.200. The van der Waals surface area contributed by atoms with Crippen LogP contribution in [0.25, 0.3) is 11.1 Å². The Hall–Kier alpha value is -4.62. The SMILES string of the molecule is CCCCCCCOC(=O)c1ccc(-c2ccc(OC(=O)c3ccc(C#Cc4ccccc4)cc3)cc2)cc1. The first-order chi connectivity index (χ1) is 19.1. The van der Waals surface area contributed by atoms with E-state index < -0.39 is 5.97 Å². The first-order valence-electron chi connectivity index (χ1n) is 13.4. The number of carbonyl (C=O) groups excluding carboxylic acids is 2. The molecule has 0 amide bonds. The Morgan fingerprint density at radius 2 is 1.13 bits per heavy atom. The van der Waals surface area contributed by atoms with Gasteiger partial charge in [0, 0.05) is 11.1 Å². The van der Waals surface area contributed by atoms with E-state index in [1.54, 1.807) is 36.4 Å². The van der Waals surface area contributed by atoms with E-state index in [-0.39, 0.29) is 5.97 Å². The first-order valence-corrected chi connectivity index (χ1v) is 13.4. The van der Waals surface area contributed by atoms with Gasteiger partial charge in [-0.05, 0) is 78.2 Å². The summed E-state index contributed by atoms with van der Waals surface area (Å²) in [4.78, 5) is 24.9. The van der Waals surface area contributed by atoms with Crippen LogP contribution in [-0.4, -0.2) is 18.5 Å². The summed E-state index contributed by atoms with van der Waals surface area (Å²) < 4.78 is 10.9. The Bertz CT molecular complexity index is 1410. The van der Waals surface area contributed by atoms with E-state index in [9.17, 15) is 9.59 Å². The van der Waals surface area contributed by atoms with Crippen molar-refractivity contribution >= 4 is 11.9 Å². The second-order valence-electron chi connectivity index (χ2n) is 9.23. The van der Waals surface area contributed by atoms with E-state index >= 15 is 0 Å². The van der Waals surface area contributed by atoms with Gasteiger partial charge in [-0.3, -0.25) is 0 Å². The Morgan fingerprint density at radius 1 is 0.590 bits per heavy atom. The molecule has 0 aliphatic heterocycles. The van der Waals surface area contributed by atoms with Crippen LogP contribution in [0.3, 0.4) is 0 Å². The average molecular weight is 517 g/mol. The minimum absolute atomic E-state index is 0.296. The van der Waals surface area contributed by atoms with Crippen LogP contribution in [0.4, 0.5) is 0 Å². The number of esters is 2. The molecule has 196 valence electrons. The van der Waals surface area contributed by atoms with Crippen LogP contribution >= 0.6 is 0 Å². The monoisotopic (exact) mass is 516 g/mol. The van der Waals surface area contributed by atoms with Crippen molar-refractivity contribution in [3.63, 3.8) is 0 Å². The lowest BCUT2D eigenvalue weighted by molar-refractivity contribution is 0.0497. The summed E-state index contributed by atoms with van der Waals surface area (Å²) in [6.45, 7) is 2.63. The Morgan fingerprint density at radius 3 is 1.77 bits per heavy atom. The highest BCUT2D eigenvalue weighted by Crippen LogP contribution is 2.24. The molecule has 0 unspecified atom stereocenters. The third kappa shape index (κ3) is 8.45. The molecule has 4 rings (SSSR count). The van der Waals surface area contributed by atoms with Crippen LogP contribution in [0.2, 0.25) is 0 Å². The molecule has 39 heavy (non-hydrogen) atoms. The number of hydrogen-bond acceptors (Lipinski definition) is 4. The van der Waals surface area contributed by atoms with Crippen molar-refractivity contribution in [2.24, 2.45) is 0 Å². The third-order valence-corrected chi connectivity index (χ3v) is 6.25. The van der Waals surface area contributed by atoms with Gasteiger partial charge in [-0.2, -0.15) is 0 Å². The minimum Gasteiger partial charge on any atom is -0.462 e. The number of ether oxygens (including phenoxy) is 2. The van der Waals surface area contributed by atoms with Crippen LogP contribution in [0, 0.1) is 11.8 Å². The summed E-state index contributed by atoms with van der Waals surface area (Å²) in [5, 5.41) is 0. The van der Waals surface area contributed by atoms with E-state index in [4.69, 9.17) is 9.47 Å². The molecule has 0 fully saturated rings. The number of rotatable bonds is 10. The van der Waals surface area contributed by atoms with Crippen molar-refractivity contribution in [2.75, 3.05) is 6.61 Å². The number of hydrogen-bond donors (Lipinski definition) is 0. The molecule has 0 spiro atoms. The van der Waals surface area contributed by atoms with Crippen molar-refractivity contribution in [3.05, 3.63) is 125 Å². The zero-order chi connectivity index (χ0) is 27.3. The number of unbranched alkanes of at least 4 members (excludes halogenated alkanes) is 4. The van der Waals surface area contributed by atoms with Gasteiger partial charge in [-0.1, -0.05) is 86.9 Å². The highest BCUT2D eigenvalue weighted by molar-refractivity contribution is 5.91. The Balaban J connectivity index is 1.28. The fourth-order valence-electron chi connectivity index (χ4n) is 3.99. The maximum Gasteiger partial charge on any atom is 0.343 e. The standard InChI is InChI=1S/C35H32O4/c1-2-3-4-5-9-26-38-34(36)31-20-18-29(19-21-31)30-22-24-33(25-23-30)39-35(37)32-16-14-28(15-17-32)13-12-27-10-7-6-8-11-27/h6-8,10-11,14-25H,2-5,9,26H2,1H3. The third-order valence-electron chi connectivity index (χ3n) is 6.25. The van der Waals surface area contributed by atoms with Crippen molar-refractivity contribution in [3.8, 4) is 28.7 Å².